The average Bonchev–Trinajstić information content (AvgIpc) is 2.33. The molecule has 0 bridgehead atoms. The molecule has 1 fully saturated rings. The largest absolute Gasteiger partial charge is 0.327 e. The standard InChI is InChI=1S/C16H25N/c1-4-13-7-8-16(17)15(10-13)14-9-11(2)5-6-12(14)3/h5-6,9,13,15-16H,4,7-8,10,17H2,1-3H3. The van der Waals surface area contributed by atoms with Crippen LogP contribution in [0, 0.1) is 19.8 Å². The molecule has 3 atom stereocenters. The SMILES string of the molecule is CCC1CCC(N)C(c2cc(C)ccc2C)C1. The predicted octanol–water partition coefficient (Wildman–Crippen LogP) is 3.92. The van der Waals surface area contributed by atoms with Gasteiger partial charge in [0.1, 0.15) is 0 Å². The molecule has 1 aromatic carbocycles. The lowest BCUT2D eigenvalue weighted by Crippen LogP contribution is -2.34. The number of nitrogens with two attached hydrogens (primary N) is 1. The van der Waals surface area contributed by atoms with Crippen molar-refractivity contribution in [2.24, 2.45) is 11.7 Å². The van der Waals surface area contributed by atoms with Crippen LogP contribution in [0.1, 0.15) is 55.2 Å². The highest BCUT2D eigenvalue weighted by Crippen LogP contribution is 2.38. The van der Waals surface area contributed by atoms with Gasteiger partial charge in [0, 0.05) is 6.04 Å². The van der Waals surface area contributed by atoms with Crippen molar-refractivity contribution in [2.75, 3.05) is 0 Å². The summed E-state index contributed by atoms with van der Waals surface area (Å²) in [4.78, 5) is 0. The van der Waals surface area contributed by atoms with Crippen LogP contribution in [0.2, 0.25) is 0 Å². The topological polar surface area (TPSA) is 26.0 Å². The van der Waals surface area contributed by atoms with Crippen LogP contribution in [0.5, 0.6) is 0 Å². The van der Waals surface area contributed by atoms with E-state index >= 15 is 0 Å². The molecule has 2 rings (SSSR count). The van der Waals surface area contributed by atoms with Gasteiger partial charge in [0.25, 0.3) is 0 Å². The summed E-state index contributed by atoms with van der Waals surface area (Å²) in [6.45, 7) is 6.70. The van der Waals surface area contributed by atoms with Crippen LogP contribution in [0.4, 0.5) is 0 Å². The molecule has 0 spiro atoms. The van der Waals surface area contributed by atoms with E-state index in [4.69, 9.17) is 5.73 Å². The van der Waals surface area contributed by atoms with Crippen LogP contribution in [-0.4, -0.2) is 6.04 Å². The first kappa shape index (κ1) is 12.6. The van der Waals surface area contributed by atoms with E-state index in [-0.39, 0.29) is 0 Å². The number of hydrogen-bond acceptors (Lipinski definition) is 1. The Balaban J connectivity index is 2.27. The fourth-order valence-electron chi connectivity index (χ4n) is 3.17. The fraction of sp³-hybridized carbons (Fsp3) is 0.625. The quantitative estimate of drug-likeness (QED) is 0.820. The summed E-state index contributed by atoms with van der Waals surface area (Å²) in [6.07, 6.45) is 5.09. The number of rotatable bonds is 2. The van der Waals surface area contributed by atoms with Gasteiger partial charge in [-0.25, -0.2) is 0 Å². The highest BCUT2D eigenvalue weighted by Gasteiger charge is 2.29. The van der Waals surface area contributed by atoms with E-state index in [0.717, 1.165) is 5.92 Å². The summed E-state index contributed by atoms with van der Waals surface area (Å²) in [5.41, 5.74) is 10.6. The first-order chi connectivity index (χ1) is 8.11. The van der Waals surface area contributed by atoms with E-state index in [0.29, 0.717) is 12.0 Å². The Bertz CT molecular complexity index is 383. The molecule has 1 aliphatic carbocycles. The Kier molecular flexibility index (Phi) is 3.88. The number of benzene rings is 1. The van der Waals surface area contributed by atoms with E-state index in [1.807, 2.05) is 0 Å². The van der Waals surface area contributed by atoms with E-state index in [9.17, 15) is 0 Å². The van der Waals surface area contributed by atoms with E-state index in [1.54, 1.807) is 0 Å². The minimum absolute atomic E-state index is 0.360. The smallest absolute Gasteiger partial charge is 0.0108 e. The maximum atomic E-state index is 6.35. The summed E-state index contributed by atoms with van der Waals surface area (Å²) < 4.78 is 0. The molecular formula is C16H25N. The molecule has 0 heterocycles. The third kappa shape index (κ3) is 2.71. The molecule has 1 nitrogen and oxygen atoms in total. The van der Waals surface area contributed by atoms with Gasteiger partial charge >= 0.3 is 0 Å². The van der Waals surface area contributed by atoms with Crippen LogP contribution in [0.15, 0.2) is 18.2 Å². The van der Waals surface area contributed by atoms with Gasteiger partial charge in [-0.2, -0.15) is 0 Å². The van der Waals surface area contributed by atoms with Crippen molar-refractivity contribution < 1.29 is 0 Å². The minimum Gasteiger partial charge on any atom is -0.327 e. The van der Waals surface area contributed by atoms with Gasteiger partial charge in [0.05, 0.1) is 0 Å². The third-order valence-corrected chi connectivity index (χ3v) is 4.42. The number of aryl methyl sites for hydroxylation is 2. The summed E-state index contributed by atoms with van der Waals surface area (Å²) in [5, 5.41) is 0. The van der Waals surface area contributed by atoms with Gasteiger partial charge in [-0.3, -0.25) is 0 Å². The maximum absolute atomic E-state index is 6.35. The molecule has 3 unspecified atom stereocenters. The van der Waals surface area contributed by atoms with Crippen LogP contribution >= 0.6 is 0 Å². The molecule has 0 saturated heterocycles. The van der Waals surface area contributed by atoms with Gasteiger partial charge in [0.2, 0.25) is 0 Å². The van der Waals surface area contributed by atoms with Crippen molar-refractivity contribution in [3.63, 3.8) is 0 Å². The van der Waals surface area contributed by atoms with Gasteiger partial charge < -0.3 is 5.73 Å². The van der Waals surface area contributed by atoms with E-state index in [1.165, 1.54) is 42.4 Å². The first-order valence-electron chi connectivity index (χ1n) is 6.94. The highest BCUT2D eigenvalue weighted by atomic mass is 14.7. The van der Waals surface area contributed by atoms with Gasteiger partial charge in [0.15, 0.2) is 0 Å². The molecule has 0 aliphatic heterocycles. The Morgan fingerprint density at radius 3 is 2.71 bits per heavy atom. The predicted molar refractivity (Wildman–Crippen MR) is 74.3 cm³/mol. The Hall–Kier alpha value is -0.820. The highest BCUT2D eigenvalue weighted by molar-refractivity contribution is 5.34. The first-order valence-corrected chi connectivity index (χ1v) is 6.94. The average molecular weight is 231 g/mol. The third-order valence-electron chi connectivity index (χ3n) is 4.42. The van der Waals surface area contributed by atoms with Crippen LogP contribution in [-0.2, 0) is 0 Å². The zero-order valence-electron chi connectivity index (χ0n) is 11.4. The van der Waals surface area contributed by atoms with Gasteiger partial charge in [-0.05, 0) is 56.1 Å². The normalized spacial score (nSPS) is 29.3. The van der Waals surface area contributed by atoms with E-state index < -0.39 is 0 Å². The molecule has 1 heteroatoms. The molecular weight excluding hydrogens is 206 g/mol. The molecule has 94 valence electrons. The zero-order chi connectivity index (χ0) is 12.4. The lowest BCUT2D eigenvalue weighted by atomic mass is 9.73. The maximum Gasteiger partial charge on any atom is 0.0108 e. The molecule has 1 aliphatic rings. The van der Waals surface area contributed by atoms with Crippen LogP contribution in [0.25, 0.3) is 0 Å². The van der Waals surface area contributed by atoms with Crippen molar-refractivity contribution in [1.82, 2.24) is 0 Å². The molecule has 0 radical (unpaired) electrons. The Morgan fingerprint density at radius 1 is 1.24 bits per heavy atom. The molecule has 2 N–H and O–H groups in total. The second-order valence-electron chi connectivity index (χ2n) is 5.72. The number of hydrogen-bond donors (Lipinski definition) is 1. The van der Waals surface area contributed by atoms with Crippen molar-refractivity contribution >= 4 is 0 Å². The summed E-state index contributed by atoms with van der Waals surface area (Å²) in [5.74, 6) is 1.45. The van der Waals surface area contributed by atoms with Gasteiger partial charge in [-0.1, -0.05) is 37.1 Å². The molecule has 0 aromatic heterocycles. The molecule has 0 amide bonds. The van der Waals surface area contributed by atoms with E-state index in [2.05, 4.69) is 39.0 Å². The van der Waals surface area contributed by atoms with Crippen molar-refractivity contribution in [3.8, 4) is 0 Å². The summed E-state index contributed by atoms with van der Waals surface area (Å²) in [7, 11) is 0. The lowest BCUT2D eigenvalue weighted by Gasteiger charge is -2.35. The second-order valence-corrected chi connectivity index (χ2v) is 5.72. The van der Waals surface area contributed by atoms with Gasteiger partial charge in [-0.15, -0.1) is 0 Å². The van der Waals surface area contributed by atoms with Crippen molar-refractivity contribution in [2.45, 2.75) is 58.4 Å². The second kappa shape index (κ2) is 5.22. The molecule has 1 aromatic rings. The van der Waals surface area contributed by atoms with Crippen molar-refractivity contribution in [3.05, 3.63) is 34.9 Å². The molecule has 1 saturated carbocycles. The Morgan fingerprint density at radius 2 is 2.00 bits per heavy atom. The summed E-state index contributed by atoms with van der Waals surface area (Å²) in [6, 6.07) is 7.15. The summed E-state index contributed by atoms with van der Waals surface area (Å²) >= 11 is 0. The van der Waals surface area contributed by atoms with Crippen molar-refractivity contribution in [1.29, 1.82) is 0 Å². The molecule has 17 heavy (non-hydrogen) atoms. The van der Waals surface area contributed by atoms with Crippen LogP contribution in [0.3, 0.4) is 0 Å². The monoisotopic (exact) mass is 231 g/mol. The zero-order valence-corrected chi connectivity index (χ0v) is 11.4. The fourth-order valence-corrected chi connectivity index (χ4v) is 3.17. The lowest BCUT2D eigenvalue weighted by molar-refractivity contribution is 0.282. The Labute approximate surface area is 105 Å². The minimum atomic E-state index is 0.360. The van der Waals surface area contributed by atoms with Crippen LogP contribution < -0.4 is 5.73 Å².